The van der Waals surface area contributed by atoms with Crippen LogP contribution in [0.25, 0.3) is 0 Å². The zero-order valence-corrected chi connectivity index (χ0v) is 15.2. The summed E-state index contributed by atoms with van der Waals surface area (Å²) in [6.07, 6.45) is 3.80. The number of ether oxygens (including phenoxy) is 1. The third-order valence-electron chi connectivity index (χ3n) is 3.94. The first-order valence-corrected chi connectivity index (χ1v) is 9.24. The molecule has 0 amide bonds. The minimum Gasteiger partial charge on any atom is -0.380 e. The van der Waals surface area contributed by atoms with E-state index >= 15 is 0 Å². The van der Waals surface area contributed by atoms with Crippen LogP contribution in [0.2, 0.25) is 0 Å². The Morgan fingerprint density at radius 2 is 2.19 bits per heavy atom. The van der Waals surface area contributed by atoms with Crippen LogP contribution in [0.4, 0.5) is 0 Å². The van der Waals surface area contributed by atoms with E-state index in [1.165, 1.54) is 38.8 Å². The van der Waals surface area contributed by atoms with Crippen molar-refractivity contribution in [2.75, 3.05) is 7.11 Å². The van der Waals surface area contributed by atoms with Crippen molar-refractivity contribution in [3.8, 4) is 0 Å². The number of fused-ring (bicyclic) bond motifs is 1. The summed E-state index contributed by atoms with van der Waals surface area (Å²) in [7, 11) is 1.74. The van der Waals surface area contributed by atoms with Crippen molar-refractivity contribution in [2.24, 2.45) is 0 Å². The van der Waals surface area contributed by atoms with Gasteiger partial charge >= 0.3 is 0 Å². The average molecular weight is 413 g/mol. The first kappa shape index (κ1) is 15.5. The topological polar surface area (TPSA) is 21.3 Å². The molecule has 21 heavy (non-hydrogen) atoms. The van der Waals surface area contributed by atoms with Crippen molar-refractivity contribution in [3.63, 3.8) is 0 Å². The summed E-state index contributed by atoms with van der Waals surface area (Å²) in [5.74, 6) is 0. The summed E-state index contributed by atoms with van der Waals surface area (Å²) in [6.45, 7) is 1.61. The zero-order valence-electron chi connectivity index (χ0n) is 12.2. The second-order valence-electron chi connectivity index (χ2n) is 5.51. The van der Waals surface area contributed by atoms with Crippen LogP contribution in [-0.2, 0) is 24.3 Å². The van der Waals surface area contributed by atoms with Gasteiger partial charge in [-0.1, -0.05) is 24.3 Å². The molecule has 0 fully saturated rings. The fraction of sp³-hybridized carbons (Fsp3) is 0.412. The summed E-state index contributed by atoms with van der Waals surface area (Å²) < 4.78 is 6.62. The molecule has 1 N–H and O–H groups in total. The molecule has 0 radical (unpaired) electrons. The van der Waals surface area contributed by atoms with Gasteiger partial charge in [0.2, 0.25) is 0 Å². The van der Waals surface area contributed by atoms with Crippen LogP contribution in [0.1, 0.15) is 40.5 Å². The maximum absolute atomic E-state index is 5.21. The zero-order chi connectivity index (χ0) is 14.7. The van der Waals surface area contributed by atoms with Crippen LogP contribution in [0.15, 0.2) is 30.3 Å². The lowest BCUT2D eigenvalue weighted by Gasteiger charge is -2.24. The second-order valence-corrected chi connectivity index (χ2v) is 8.54. The van der Waals surface area contributed by atoms with E-state index in [0.29, 0.717) is 12.6 Å². The molecule has 4 heteroatoms. The van der Waals surface area contributed by atoms with Gasteiger partial charge in [0.15, 0.2) is 0 Å². The third-order valence-corrected chi connectivity index (χ3v) is 5.91. The maximum Gasteiger partial charge on any atom is 0.0713 e. The average Bonchev–Trinajstić information content (AvgIpc) is 2.86. The van der Waals surface area contributed by atoms with Gasteiger partial charge in [0, 0.05) is 24.6 Å². The fourth-order valence-corrected chi connectivity index (χ4v) is 5.09. The Balaban J connectivity index is 1.67. The van der Waals surface area contributed by atoms with Gasteiger partial charge in [0.25, 0.3) is 0 Å². The molecule has 1 aliphatic rings. The molecule has 0 aliphatic heterocycles. The normalized spacial score (nSPS) is 17.7. The van der Waals surface area contributed by atoms with E-state index < -0.39 is 0 Å². The van der Waals surface area contributed by atoms with Crippen LogP contribution < -0.4 is 5.32 Å². The monoisotopic (exact) mass is 413 g/mol. The Labute approximate surface area is 144 Å². The Bertz CT molecular complexity index is 611. The van der Waals surface area contributed by atoms with E-state index in [0.717, 1.165) is 6.54 Å². The molecule has 0 bridgehead atoms. The molecule has 1 aromatic carbocycles. The Hall–Kier alpha value is -0.430. The van der Waals surface area contributed by atoms with Gasteiger partial charge in [-0.05, 0) is 64.6 Å². The number of rotatable bonds is 5. The number of hydrogen-bond donors (Lipinski definition) is 1. The SMILES string of the molecule is COCc1cccc(CNC2CCCc3sc(I)cc32)c1. The van der Waals surface area contributed by atoms with Gasteiger partial charge in [-0.25, -0.2) is 0 Å². The predicted octanol–water partition coefficient (Wildman–Crippen LogP) is 4.67. The molecular formula is C17H20INOS. The van der Waals surface area contributed by atoms with Crippen LogP contribution in [0, 0.1) is 2.88 Å². The summed E-state index contributed by atoms with van der Waals surface area (Å²) in [5, 5.41) is 3.74. The number of benzene rings is 1. The minimum atomic E-state index is 0.514. The van der Waals surface area contributed by atoms with Crippen molar-refractivity contribution in [3.05, 3.63) is 54.8 Å². The van der Waals surface area contributed by atoms with E-state index in [-0.39, 0.29) is 0 Å². The summed E-state index contributed by atoms with van der Waals surface area (Å²) in [5.41, 5.74) is 4.11. The smallest absolute Gasteiger partial charge is 0.0713 e. The van der Waals surface area contributed by atoms with Crippen molar-refractivity contribution in [1.29, 1.82) is 0 Å². The highest BCUT2D eigenvalue weighted by Crippen LogP contribution is 2.36. The lowest BCUT2D eigenvalue weighted by molar-refractivity contribution is 0.185. The molecule has 0 saturated carbocycles. The van der Waals surface area contributed by atoms with Crippen LogP contribution in [0.5, 0.6) is 0 Å². The molecule has 112 valence electrons. The molecule has 2 nitrogen and oxygen atoms in total. The van der Waals surface area contributed by atoms with Gasteiger partial charge in [-0.2, -0.15) is 0 Å². The van der Waals surface area contributed by atoms with Crippen molar-refractivity contribution < 1.29 is 4.74 Å². The molecule has 1 aliphatic carbocycles. The highest BCUT2D eigenvalue weighted by Gasteiger charge is 2.22. The van der Waals surface area contributed by atoms with Crippen LogP contribution in [0.3, 0.4) is 0 Å². The summed E-state index contributed by atoms with van der Waals surface area (Å²) >= 11 is 4.40. The van der Waals surface area contributed by atoms with Gasteiger partial charge in [0.1, 0.15) is 0 Å². The Kier molecular flexibility index (Phi) is 5.32. The second kappa shape index (κ2) is 7.22. The third kappa shape index (κ3) is 3.86. The first-order valence-electron chi connectivity index (χ1n) is 7.34. The lowest BCUT2D eigenvalue weighted by Crippen LogP contribution is -2.23. The van der Waals surface area contributed by atoms with Crippen molar-refractivity contribution in [2.45, 2.75) is 38.5 Å². The summed E-state index contributed by atoms with van der Waals surface area (Å²) in [4.78, 5) is 1.58. The van der Waals surface area contributed by atoms with E-state index in [2.05, 4.69) is 58.2 Å². The number of nitrogens with one attached hydrogen (secondary N) is 1. The molecule has 3 rings (SSSR count). The van der Waals surface area contributed by atoms with E-state index in [1.807, 2.05) is 11.3 Å². The number of aryl methyl sites for hydroxylation is 1. The predicted molar refractivity (Wildman–Crippen MR) is 96.7 cm³/mol. The number of thiophene rings is 1. The Morgan fingerprint density at radius 3 is 3.05 bits per heavy atom. The molecule has 1 atom stereocenters. The van der Waals surface area contributed by atoms with Gasteiger partial charge < -0.3 is 10.1 Å². The lowest BCUT2D eigenvalue weighted by atomic mass is 9.94. The molecule has 1 heterocycles. The molecule has 0 saturated heterocycles. The van der Waals surface area contributed by atoms with Gasteiger partial charge in [0.05, 0.1) is 9.49 Å². The highest BCUT2D eigenvalue weighted by molar-refractivity contribution is 14.1. The first-order chi connectivity index (χ1) is 10.3. The van der Waals surface area contributed by atoms with E-state index in [9.17, 15) is 0 Å². The van der Waals surface area contributed by atoms with Gasteiger partial charge in [-0.15, -0.1) is 11.3 Å². The number of methoxy groups -OCH3 is 1. The largest absolute Gasteiger partial charge is 0.380 e. The van der Waals surface area contributed by atoms with Crippen LogP contribution >= 0.6 is 33.9 Å². The van der Waals surface area contributed by atoms with Crippen molar-refractivity contribution in [1.82, 2.24) is 5.32 Å². The molecule has 1 unspecified atom stereocenters. The molecular weight excluding hydrogens is 393 g/mol. The Morgan fingerprint density at radius 1 is 1.33 bits per heavy atom. The summed E-state index contributed by atoms with van der Waals surface area (Å²) in [6, 6.07) is 11.5. The van der Waals surface area contributed by atoms with Gasteiger partial charge in [-0.3, -0.25) is 0 Å². The quantitative estimate of drug-likeness (QED) is 0.720. The molecule has 1 aromatic heterocycles. The molecule has 2 aromatic rings. The maximum atomic E-state index is 5.21. The van der Waals surface area contributed by atoms with E-state index in [4.69, 9.17) is 4.74 Å². The van der Waals surface area contributed by atoms with Crippen molar-refractivity contribution >= 4 is 33.9 Å². The number of hydrogen-bond acceptors (Lipinski definition) is 3. The standard InChI is InChI=1S/C17H20INOS/c1-20-11-13-5-2-4-12(8-13)10-19-15-6-3-7-16-14(15)9-17(18)21-16/h2,4-5,8-9,15,19H,3,6-7,10-11H2,1H3. The van der Waals surface area contributed by atoms with Crippen LogP contribution in [-0.4, -0.2) is 7.11 Å². The molecule has 0 spiro atoms. The minimum absolute atomic E-state index is 0.514. The fourth-order valence-electron chi connectivity index (χ4n) is 2.97. The van der Waals surface area contributed by atoms with E-state index in [1.54, 1.807) is 12.0 Å². The highest BCUT2D eigenvalue weighted by atomic mass is 127. The number of halogens is 1.